The summed E-state index contributed by atoms with van der Waals surface area (Å²) in [4.78, 5) is 14.3. The van der Waals surface area contributed by atoms with Gasteiger partial charge in [0.25, 0.3) is 10.0 Å². The molecule has 0 bridgehead atoms. The average Bonchev–Trinajstić information content (AvgIpc) is 3.43. The number of fused-ring (bicyclic) bond motifs is 3. The average molecular weight is 703 g/mol. The molecule has 0 saturated carbocycles. The van der Waals surface area contributed by atoms with Crippen molar-refractivity contribution in [3.8, 4) is 0 Å². The fourth-order valence-electron chi connectivity index (χ4n) is 6.76. The Morgan fingerprint density at radius 2 is 1.40 bits per heavy atom. The van der Waals surface area contributed by atoms with Crippen LogP contribution in [-0.2, 0) is 19.6 Å². The van der Waals surface area contributed by atoms with Crippen LogP contribution in [-0.4, -0.2) is 14.4 Å². The molecule has 234 valence electrons. The van der Waals surface area contributed by atoms with E-state index in [4.69, 9.17) is 4.74 Å². The Kier molecular flexibility index (Phi) is 8.43. The van der Waals surface area contributed by atoms with Gasteiger partial charge >= 0.3 is 5.97 Å². The van der Waals surface area contributed by atoms with E-state index in [0.717, 1.165) is 32.3 Å². The van der Waals surface area contributed by atoms with Gasteiger partial charge in [0.1, 0.15) is 5.76 Å². The molecule has 1 aliphatic heterocycles. The van der Waals surface area contributed by atoms with Gasteiger partial charge in [0.05, 0.1) is 16.5 Å². The summed E-state index contributed by atoms with van der Waals surface area (Å²) in [5.74, 6) is -1.19. The first-order chi connectivity index (χ1) is 22.8. The molecule has 1 N–H and O–H groups in total. The van der Waals surface area contributed by atoms with Crippen molar-refractivity contribution < 1.29 is 17.9 Å². The molecular weight excluding hydrogens is 670 g/mol. The van der Waals surface area contributed by atoms with Crippen LogP contribution in [0.5, 0.6) is 0 Å². The molecule has 5 aromatic carbocycles. The van der Waals surface area contributed by atoms with E-state index in [9.17, 15) is 13.2 Å². The number of hydrogen-bond donors (Lipinski definition) is 1. The van der Waals surface area contributed by atoms with Crippen molar-refractivity contribution in [3.05, 3.63) is 183 Å². The van der Waals surface area contributed by atoms with Gasteiger partial charge < -0.3 is 4.74 Å². The molecule has 7 heteroatoms. The fraction of sp³-hybridized carbons (Fsp3) is 0.125. The number of carbonyl (C=O) groups excluding carboxylic acids is 1. The predicted molar refractivity (Wildman–Crippen MR) is 189 cm³/mol. The van der Waals surface area contributed by atoms with E-state index in [2.05, 4.69) is 38.9 Å². The van der Waals surface area contributed by atoms with E-state index in [-0.39, 0.29) is 22.7 Å². The lowest BCUT2D eigenvalue weighted by Gasteiger charge is -2.32. The molecule has 0 saturated heterocycles. The third-order valence-corrected chi connectivity index (χ3v) is 10.9. The van der Waals surface area contributed by atoms with E-state index < -0.39 is 21.9 Å². The van der Waals surface area contributed by atoms with Crippen molar-refractivity contribution in [2.75, 3.05) is 0 Å². The number of nitrogens with one attached hydrogen (secondary N) is 1. The van der Waals surface area contributed by atoms with Crippen molar-refractivity contribution >= 4 is 43.4 Å². The number of carbonyl (C=O) groups is 1. The summed E-state index contributed by atoms with van der Waals surface area (Å²) in [7, 11) is -3.94. The summed E-state index contributed by atoms with van der Waals surface area (Å²) < 4.78 is 37.5. The molecule has 5 nitrogen and oxygen atoms in total. The summed E-state index contributed by atoms with van der Waals surface area (Å²) in [6.07, 6.45) is 4.04. The van der Waals surface area contributed by atoms with Crippen LogP contribution >= 0.6 is 15.9 Å². The van der Waals surface area contributed by atoms with Gasteiger partial charge in [-0.05, 0) is 59.5 Å². The highest BCUT2D eigenvalue weighted by molar-refractivity contribution is 9.10. The molecule has 0 aromatic heterocycles. The zero-order valence-electron chi connectivity index (χ0n) is 25.6. The number of aryl methyl sites for hydroxylation is 1. The number of cyclic esters (lactones) is 1. The Morgan fingerprint density at radius 3 is 2.09 bits per heavy atom. The SMILES string of the molecule is Cc1ccc(S(=O)(=O)N/C(=C\[C@H](c2ccc(Br)cc2)[C@@H]2c3ccccc3[C@H]3C=C(c4ccccc4)OC(=O)[C@@H]23)c2ccccc2)cc1. The fourth-order valence-corrected chi connectivity index (χ4v) is 8.11. The minimum atomic E-state index is -3.94. The van der Waals surface area contributed by atoms with Gasteiger partial charge in [0, 0.05) is 27.8 Å². The van der Waals surface area contributed by atoms with Crippen LogP contribution in [0.25, 0.3) is 11.5 Å². The third kappa shape index (κ3) is 6.21. The lowest BCUT2D eigenvalue weighted by Crippen LogP contribution is -2.30. The molecule has 1 heterocycles. The molecule has 0 unspecified atom stereocenters. The van der Waals surface area contributed by atoms with E-state index in [0.29, 0.717) is 17.0 Å². The standard InChI is InChI=1S/C40H32BrNO4S/c1-26-16-22-31(23-17-26)47(44,45)42-36(28-10-4-2-5-11-28)24-34(27-18-20-30(41)21-19-27)38-33-15-9-8-14-32(33)35-25-37(46-40(43)39(35)38)29-12-6-3-7-13-29/h2-25,34-35,38-39,42H,1H3/b36-24-/t34-,35-,38+,39-/m1/s1. The molecular formula is C40H32BrNO4S. The normalized spacial score (nSPS) is 19.6. The molecule has 7 rings (SSSR count). The second kappa shape index (κ2) is 12.8. The molecule has 0 spiro atoms. The summed E-state index contributed by atoms with van der Waals surface area (Å²) in [5, 5.41) is 0. The van der Waals surface area contributed by atoms with Gasteiger partial charge in [0.15, 0.2) is 0 Å². The highest BCUT2D eigenvalue weighted by atomic mass is 79.9. The maximum atomic E-state index is 14.1. The summed E-state index contributed by atoms with van der Waals surface area (Å²) in [6, 6.07) is 42.1. The molecule has 0 fully saturated rings. The van der Waals surface area contributed by atoms with Crippen molar-refractivity contribution in [3.63, 3.8) is 0 Å². The van der Waals surface area contributed by atoms with E-state index >= 15 is 0 Å². The zero-order chi connectivity index (χ0) is 32.5. The van der Waals surface area contributed by atoms with Crippen LogP contribution in [0.3, 0.4) is 0 Å². The van der Waals surface area contributed by atoms with Crippen molar-refractivity contribution in [2.24, 2.45) is 5.92 Å². The van der Waals surface area contributed by atoms with Crippen molar-refractivity contribution in [1.29, 1.82) is 0 Å². The number of esters is 1. The van der Waals surface area contributed by atoms with Gasteiger partial charge in [-0.25, -0.2) is 8.42 Å². The Hall–Kier alpha value is -4.72. The van der Waals surface area contributed by atoms with E-state index in [1.54, 1.807) is 24.3 Å². The molecule has 4 atom stereocenters. The van der Waals surface area contributed by atoms with Crippen LogP contribution in [0.2, 0.25) is 0 Å². The number of benzene rings is 5. The van der Waals surface area contributed by atoms with Crippen LogP contribution in [0, 0.1) is 12.8 Å². The van der Waals surface area contributed by atoms with Gasteiger partial charge in [-0.1, -0.05) is 137 Å². The van der Waals surface area contributed by atoms with Gasteiger partial charge in [-0.3, -0.25) is 9.52 Å². The summed E-state index contributed by atoms with van der Waals surface area (Å²) >= 11 is 3.57. The number of rotatable bonds is 8. The Bertz CT molecular complexity index is 2090. The van der Waals surface area contributed by atoms with E-state index in [1.165, 1.54) is 0 Å². The van der Waals surface area contributed by atoms with Crippen LogP contribution in [0.15, 0.2) is 155 Å². The number of ether oxygens (including phenoxy) is 1. The second-order valence-corrected chi connectivity index (χ2v) is 14.6. The van der Waals surface area contributed by atoms with Gasteiger partial charge in [-0.15, -0.1) is 0 Å². The minimum Gasteiger partial charge on any atom is -0.426 e. The first-order valence-corrected chi connectivity index (χ1v) is 17.8. The van der Waals surface area contributed by atoms with Gasteiger partial charge in [0.2, 0.25) is 0 Å². The first kappa shape index (κ1) is 30.9. The van der Waals surface area contributed by atoms with Gasteiger partial charge in [-0.2, -0.15) is 0 Å². The monoisotopic (exact) mass is 701 g/mol. The molecule has 0 radical (unpaired) electrons. The Labute approximate surface area is 283 Å². The third-order valence-electron chi connectivity index (χ3n) is 9.01. The summed E-state index contributed by atoms with van der Waals surface area (Å²) in [5.41, 5.74) is 6.03. The lowest BCUT2D eigenvalue weighted by atomic mass is 9.74. The number of allylic oxidation sites excluding steroid dienone is 2. The highest BCUT2D eigenvalue weighted by Crippen LogP contribution is 2.56. The quantitative estimate of drug-likeness (QED) is 0.164. The number of sulfonamides is 1. The predicted octanol–water partition coefficient (Wildman–Crippen LogP) is 8.96. The van der Waals surface area contributed by atoms with Crippen molar-refractivity contribution in [1.82, 2.24) is 4.72 Å². The number of hydrogen-bond acceptors (Lipinski definition) is 4. The highest BCUT2D eigenvalue weighted by Gasteiger charge is 2.50. The number of halogens is 1. The lowest BCUT2D eigenvalue weighted by molar-refractivity contribution is -0.143. The van der Waals surface area contributed by atoms with E-state index in [1.807, 2.05) is 110 Å². The molecule has 47 heavy (non-hydrogen) atoms. The Morgan fingerprint density at radius 1 is 0.787 bits per heavy atom. The van der Waals surface area contributed by atoms with Crippen LogP contribution in [0.4, 0.5) is 0 Å². The maximum Gasteiger partial charge on any atom is 0.315 e. The maximum absolute atomic E-state index is 14.1. The zero-order valence-corrected chi connectivity index (χ0v) is 28.0. The van der Waals surface area contributed by atoms with Crippen molar-refractivity contribution in [2.45, 2.75) is 29.6 Å². The second-order valence-electron chi connectivity index (χ2n) is 12.0. The first-order valence-electron chi connectivity index (χ1n) is 15.5. The molecule has 0 amide bonds. The van der Waals surface area contributed by atoms with Crippen LogP contribution in [0.1, 0.15) is 51.1 Å². The smallest absolute Gasteiger partial charge is 0.315 e. The minimum absolute atomic E-state index is 0.172. The largest absolute Gasteiger partial charge is 0.426 e. The summed E-state index contributed by atoms with van der Waals surface area (Å²) in [6.45, 7) is 1.92. The topological polar surface area (TPSA) is 72.5 Å². The molecule has 5 aromatic rings. The molecule has 2 aliphatic rings. The van der Waals surface area contributed by atoms with Crippen LogP contribution < -0.4 is 4.72 Å². The Balaban J connectivity index is 1.40. The molecule has 1 aliphatic carbocycles.